The number of terminal acetylenes is 2. The van der Waals surface area contributed by atoms with Gasteiger partial charge in [0.05, 0.1) is 16.5 Å². The van der Waals surface area contributed by atoms with Crippen LogP contribution in [0.5, 0.6) is 11.8 Å². The molecule has 8 nitrogen and oxygen atoms in total. The summed E-state index contributed by atoms with van der Waals surface area (Å²) in [7, 11) is 0. The van der Waals surface area contributed by atoms with Crippen molar-refractivity contribution in [3.63, 3.8) is 0 Å². The van der Waals surface area contributed by atoms with E-state index in [0.29, 0.717) is 37.3 Å². The zero-order valence-corrected chi connectivity index (χ0v) is 25.0. The molecule has 0 radical (unpaired) electrons. The summed E-state index contributed by atoms with van der Waals surface area (Å²) in [4.78, 5) is 18.1. The summed E-state index contributed by atoms with van der Waals surface area (Å²) in [6, 6.07) is 5.78. The van der Waals surface area contributed by atoms with E-state index in [-0.39, 0.29) is 69.3 Å². The summed E-state index contributed by atoms with van der Waals surface area (Å²) in [5, 5.41) is 15.1. The van der Waals surface area contributed by atoms with Crippen molar-refractivity contribution in [3.05, 3.63) is 47.2 Å². The van der Waals surface area contributed by atoms with E-state index in [1.807, 2.05) is 0 Å². The van der Waals surface area contributed by atoms with Crippen molar-refractivity contribution in [3.8, 4) is 47.7 Å². The molecule has 2 N–H and O–H groups in total. The summed E-state index contributed by atoms with van der Waals surface area (Å²) in [5.74, 6) is 3.66. The number of phenolic OH excluding ortho intramolecular Hbond substituents is 1. The molecule has 234 valence electrons. The molecule has 11 heteroatoms. The lowest BCUT2D eigenvalue weighted by Gasteiger charge is -2.34. The zero-order valence-electron chi connectivity index (χ0n) is 25.0. The highest BCUT2D eigenvalue weighted by molar-refractivity contribution is 6.04. The molecule has 0 amide bonds. The average Bonchev–Trinajstić information content (AvgIpc) is 3.70. The highest BCUT2D eigenvalue weighted by Crippen LogP contribution is 2.42. The molecule has 0 unspecified atom stereocenters. The predicted molar refractivity (Wildman–Crippen MR) is 168 cm³/mol. The minimum Gasteiger partial charge on any atom is -0.508 e. The molecule has 0 spiro atoms. The van der Waals surface area contributed by atoms with E-state index in [1.54, 1.807) is 0 Å². The van der Waals surface area contributed by atoms with E-state index in [4.69, 9.17) is 22.6 Å². The molecular weight excluding hydrogens is 593 g/mol. The third-order valence-electron chi connectivity index (χ3n) is 10.1. The highest BCUT2D eigenvalue weighted by atomic mass is 19.1. The summed E-state index contributed by atoms with van der Waals surface area (Å²) >= 11 is 0. The molecule has 4 fully saturated rings. The SMILES string of the molecule is C#Cc1c(F)ccc2cc(O)cc(-c3nc(C#C)c4c(N5C[C@H]6CC[C@@H](C5)N6)nc(OC[C@@]56CCCN5C[C@H](F)C6)nc4c3F)c12. The number of alkyl halides is 1. The molecule has 6 heterocycles. The Morgan fingerprint density at radius 2 is 1.85 bits per heavy atom. The molecule has 4 aliphatic rings. The quantitative estimate of drug-likeness (QED) is 0.310. The van der Waals surface area contributed by atoms with E-state index in [2.05, 4.69) is 36.9 Å². The fourth-order valence-corrected chi connectivity index (χ4v) is 8.08. The highest BCUT2D eigenvalue weighted by Gasteiger charge is 2.49. The molecule has 8 rings (SSSR count). The van der Waals surface area contributed by atoms with Gasteiger partial charge < -0.3 is 20.1 Å². The fourth-order valence-electron chi connectivity index (χ4n) is 8.08. The van der Waals surface area contributed by atoms with Crippen LogP contribution in [0.15, 0.2) is 24.3 Å². The number of rotatable bonds is 5. The minimum absolute atomic E-state index is 0.0490. The fraction of sp³-hybridized carbons (Fsp3) is 0.400. The van der Waals surface area contributed by atoms with Crippen molar-refractivity contribution in [2.24, 2.45) is 0 Å². The largest absolute Gasteiger partial charge is 0.508 e. The first-order chi connectivity index (χ1) is 22.3. The number of anilines is 1. The Morgan fingerprint density at radius 3 is 2.61 bits per heavy atom. The smallest absolute Gasteiger partial charge is 0.319 e. The van der Waals surface area contributed by atoms with Gasteiger partial charge in [0.2, 0.25) is 0 Å². The number of nitrogens with one attached hydrogen (secondary N) is 1. The van der Waals surface area contributed by atoms with Gasteiger partial charge in [-0.3, -0.25) is 4.90 Å². The van der Waals surface area contributed by atoms with E-state index < -0.39 is 23.3 Å². The van der Waals surface area contributed by atoms with Crippen LogP contribution in [0, 0.1) is 36.3 Å². The third-order valence-corrected chi connectivity index (χ3v) is 10.1. The maximum atomic E-state index is 17.0. The summed E-state index contributed by atoms with van der Waals surface area (Å²) in [6.07, 6.45) is 14.9. The molecule has 2 bridgehead atoms. The van der Waals surface area contributed by atoms with Gasteiger partial charge in [0.1, 0.15) is 47.1 Å². The number of hydrogen-bond donors (Lipinski definition) is 2. The van der Waals surface area contributed by atoms with Crippen molar-refractivity contribution in [2.75, 3.05) is 37.7 Å². The lowest BCUT2D eigenvalue weighted by atomic mass is 9.95. The lowest BCUT2D eigenvalue weighted by Crippen LogP contribution is -2.51. The number of phenols is 1. The molecule has 2 aromatic heterocycles. The lowest BCUT2D eigenvalue weighted by molar-refractivity contribution is 0.107. The summed E-state index contributed by atoms with van der Waals surface area (Å²) in [6.45, 7) is 2.57. The number of pyridine rings is 1. The van der Waals surface area contributed by atoms with Crippen LogP contribution < -0.4 is 15.0 Å². The second kappa shape index (κ2) is 10.8. The van der Waals surface area contributed by atoms with Crippen molar-refractivity contribution in [1.29, 1.82) is 0 Å². The predicted octanol–water partition coefficient (Wildman–Crippen LogP) is 4.69. The summed E-state index contributed by atoms with van der Waals surface area (Å²) < 4.78 is 52.6. The van der Waals surface area contributed by atoms with Crippen LogP contribution in [0.3, 0.4) is 0 Å². The van der Waals surface area contributed by atoms with Crippen LogP contribution in [0.4, 0.5) is 19.0 Å². The number of aromatic hydroxyl groups is 1. The van der Waals surface area contributed by atoms with E-state index in [0.717, 1.165) is 32.2 Å². The van der Waals surface area contributed by atoms with Gasteiger partial charge in [0.25, 0.3) is 0 Å². The van der Waals surface area contributed by atoms with Crippen LogP contribution in [0.1, 0.15) is 43.4 Å². The first-order valence-electron chi connectivity index (χ1n) is 15.6. The van der Waals surface area contributed by atoms with Crippen LogP contribution in [0.2, 0.25) is 0 Å². The Labute approximate surface area is 264 Å². The van der Waals surface area contributed by atoms with Crippen LogP contribution in [-0.4, -0.2) is 81.5 Å². The minimum atomic E-state index is -0.938. The van der Waals surface area contributed by atoms with Gasteiger partial charge >= 0.3 is 6.01 Å². The van der Waals surface area contributed by atoms with Crippen molar-refractivity contribution < 1.29 is 23.0 Å². The Hall–Kier alpha value is -4.58. The van der Waals surface area contributed by atoms with Crippen LogP contribution >= 0.6 is 0 Å². The molecule has 0 saturated carbocycles. The second-order valence-electron chi connectivity index (χ2n) is 12.9. The standard InChI is InChI=1S/C35H31F3N6O2/c1-3-24-26(37)9-6-19-12-23(45)13-25(28(19)24)31-30(38)32-29(27(4-2)40-31)33(43-16-21-7-8-22(17-43)39-21)42-34(41-32)46-18-35-10-5-11-44(35)15-20(36)14-35/h1-2,6,9,12-13,20-22,39,45H,5,7-8,10-11,14-18H2/t20-,21-,22+,35+/m1/s1. The summed E-state index contributed by atoms with van der Waals surface area (Å²) in [5.41, 5.74) is -0.755. The molecule has 4 aliphatic heterocycles. The van der Waals surface area contributed by atoms with E-state index in [9.17, 15) is 13.9 Å². The number of halogens is 3. The third kappa shape index (κ3) is 4.52. The topological polar surface area (TPSA) is 86.6 Å². The van der Waals surface area contributed by atoms with Crippen LogP contribution in [0.25, 0.3) is 32.9 Å². The normalized spacial score (nSPS) is 25.6. The maximum absolute atomic E-state index is 17.0. The number of hydrogen-bond acceptors (Lipinski definition) is 8. The van der Waals surface area contributed by atoms with Gasteiger partial charge in [-0.25, -0.2) is 18.2 Å². The van der Waals surface area contributed by atoms with Crippen LogP contribution in [-0.2, 0) is 0 Å². The van der Waals surface area contributed by atoms with Gasteiger partial charge in [0.15, 0.2) is 5.82 Å². The van der Waals surface area contributed by atoms with Gasteiger partial charge in [-0.1, -0.05) is 12.0 Å². The Balaban J connectivity index is 1.33. The molecular formula is C35H31F3N6O2. The second-order valence-corrected chi connectivity index (χ2v) is 12.9. The average molecular weight is 625 g/mol. The van der Waals surface area contributed by atoms with E-state index >= 15 is 4.39 Å². The maximum Gasteiger partial charge on any atom is 0.319 e. The van der Waals surface area contributed by atoms with Gasteiger partial charge in [-0.2, -0.15) is 9.97 Å². The van der Waals surface area contributed by atoms with Gasteiger partial charge in [0, 0.05) is 49.1 Å². The van der Waals surface area contributed by atoms with E-state index in [1.165, 1.54) is 24.3 Å². The number of aromatic nitrogens is 3. The number of fused-ring (bicyclic) bond motifs is 5. The number of piperazine rings is 1. The molecule has 0 aliphatic carbocycles. The number of nitrogens with zero attached hydrogens (tertiary/aromatic N) is 5. The van der Waals surface area contributed by atoms with Gasteiger partial charge in [-0.05, 0) is 61.7 Å². The molecule has 4 saturated heterocycles. The molecule has 4 aromatic rings. The number of benzene rings is 2. The zero-order chi connectivity index (χ0) is 31.7. The van der Waals surface area contributed by atoms with Crippen molar-refractivity contribution in [1.82, 2.24) is 25.2 Å². The number of ether oxygens (including phenoxy) is 1. The Bertz CT molecular complexity index is 2000. The monoisotopic (exact) mass is 624 g/mol. The van der Waals surface area contributed by atoms with Gasteiger partial charge in [-0.15, -0.1) is 12.8 Å². The Kier molecular flexibility index (Phi) is 6.75. The van der Waals surface area contributed by atoms with Crippen molar-refractivity contribution >= 4 is 27.5 Å². The van der Waals surface area contributed by atoms with Crippen molar-refractivity contribution in [2.45, 2.75) is 55.9 Å². The Morgan fingerprint density at radius 1 is 1.04 bits per heavy atom. The molecule has 4 atom stereocenters. The first kappa shape index (κ1) is 28.9. The first-order valence-corrected chi connectivity index (χ1v) is 15.6. The molecule has 2 aromatic carbocycles. The molecule has 46 heavy (non-hydrogen) atoms.